The Morgan fingerprint density at radius 1 is 1.20 bits per heavy atom. The number of amides is 1. The van der Waals surface area contributed by atoms with Crippen molar-refractivity contribution in [3.63, 3.8) is 0 Å². The minimum Gasteiger partial charge on any atom is -0.508 e. The maximum Gasteiger partial charge on any atom is 0.241 e. The SMILES string of the molecule is N[C@@H](Cc1ccc(O)cc1)C(=O)Nc1ccccc1Cl. The molecule has 0 aromatic heterocycles. The van der Waals surface area contributed by atoms with E-state index in [1.54, 1.807) is 48.5 Å². The van der Waals surface area contributed by atoms with E-state index in [1.807, 2.05) is 0 Å². The molecule has 0 aliphatic carbocycles. The second-order valence-corrected chi connectivity index (χ2v) is 4.85. The van der Waals surface area contributed by atoms with Gasteiger partial charge in [-0.15, -0.1) is 0 Å². The summed E-state index contributed by atoms with van der Waals surface area (Å²) >= 11 is 5.97. The molecule has 0 saturated carbocycles. The van der Waals surface area contributed by atoms with Gasteiger partial charge in [0, 0.05) is 0 Å². The lowest BCUT2D eigenvalue weighted by Gasteiger charge is -2.13. The van der Waals surface area contributed by atoms with E-state index >= 15 is 0 Å². The Morgan fingerprint density at radius 2 is 1.85 bits per heavy atom. The molecule has 2 rings (SSSR count). The molecule has 0 aliphatic rings. The second-order valence-electron chi connectivity index (χ2n) is 4.45. The topological polar surface area (TPSA) is 75.3 Å². The van der Waals surface area contributed by atoms with Crippen LogP contribution < -0.4 is 11.1 Å². The largest absolute Gasteiger partial charge is 0.508 e. The fourth-order valence-corrected chi connectivity index (χ4v) is 1.95. The maximum atomic E-state index is 12.0. The zero-order valence-electron chi connectivity index (χ0n) is 10.7. The first-order valence-electron chi connectivity index (χ1n) is 6.15. The van der Waals surface area contributed by atoms with Crippen molar-refractivity contribution in [3.8, 4) is 5.75 Å². The van der Waals surface area contributed by atoms with Crippen LogP contribution in [0.25, 0.3) is 0 Å². The summed E-state index contributed by atoms with van der Waals surface area (Å²) in [5, 5.41) is 12.4. The van der Waals surface area contributed by atoms with Crippen molar-refractivity contribution < 1.29 is 9.90 Å². The molecule has 5 heteroatoms. The van der Waals surface area contributed by atoms with Crippen LogP contribution in [0.5, 0.6) is 5.75 Å². The lowest BCUT2D eigenvalue weighted by atomic mass is 10.1. The van der Waals surface area contributed by atoms with Crippen molar-refractivity contribution >= 4 is 23.2 Å². The summed E-state index contributed by atoms with van der Waals surface area (Å²) in [4.78, 5) is 12.0. The van der Waals surface area contributed by atoms with Gasteiger partial charge in [0.1, 0.15) is 5.75 Å². The first kappa shape index (κ1) is 14.4. The predicted molar refractivity (Wildman–Crippen MR) is 79.9 cm³/mol. The first-order valence-corrected chi connectivity index (χ1v) is 6.53. The average molecular weight is 291 g/mol. The van der Waals surface area contributed by atoms with Gasteiger partial charge in [0.2, 0.25) is 5.91 Å². The van der Waals surface area contributed by atoms with Crippen LogP contribution in [0.15, 0.2) is 48.5 Å². The Hall–Kier alpha value is -2.04. The molecule has 0 unspecified atom stereocenters. The van der Waals surface area contributed by atoms with Gasteiger partial charge in [0.05, 0.1) is 16.8 Å². The normalized spacial score (nSPS) is 11.9. The zero-order valence-corrected chi connectivity index (χ0v) is 11.5. The van der Waals surface area contributed by atoms with Crippen LogP contribution in [0.1, 0.15) is 5.56 Å². The van der Waals surface area contributed by atoms with Crippen molar-refractivity contribution in [1.29, 1.82) is 0 Å². The van der Waals surface area contributed by atoms with Crippen LogP contribution in [0, 0.1) is 0 Å². The molecule has 20 heavy (non-hydrogen) atoms. The van der Waals surface area contributed by atoms with Gasteiger partial charge in [0.15, 0.2) is 0 Å². The van der Waals surface area contributed by atoms with Gasteiger partial charge in [-0.05, 0) is 36.2 Å². The molecule has 2 aromatic carbocycles. The molecule has 0 bridgehead atoms. The highest BCUT2D eigenvalue weighted by atomic mass is 35.5. The fourth-order valence-electron chi connectivity index (χ4n) is 1.77. The molecule has 0 radical (unpaired) electrons. The van der Waals surface area contributed by atoms with Crippen LogP contribution in [0.2, 0.25) is 5.02 Å². The third-order valence-corrected chi connectivity index (χ3v) is 3.19. The third kappa shape index (κ3) is 3.73. The number of nitrogens with two attached hydrogens (primary N) is 1. The van der Waals surface area contributed by atoms with Gasteiger partial charge < -0.3 is 16.2 Å². The smallest absolute Gasteiger partial charge is 0.241 e. The summed E-state index contributed by atoms with van der Waals surface area (Å²) in [7, 11) is 0. The Balaban J connectivity index is 1.99. The van der Waals surface area contributed by atoms with E-state index in [0.29, 0.717) is 17.1 Å². The molecule has 104 valence electrons. The zero-order chi connectivity index (χ0) is 14.5. The Kier molecular flexibility index (Phi) is 4.61. The van der Waals surface area contributed by atoms with Crippen LogP contribution in [-0.4, -0.2) is 17.1 Å². The van der Waals surface area contributed by atoms with Crippen LogP contribution in [0.4, 0.5) is 5.69 Å². The fraction of sp³-hybridized carbons (Fsp3) is 0.133. The van der Waals surface area contributed by atoms with Crippen molar-refractivity contribution in [1.82, 2.24) is 0 Å². The number of anilines is 1. The van der Waals surface area contributed by atoms with E-state index in [2.05, 4.69) is 5.32 Å². The van der Waals surface area contributed by atoms with Crippen molar-refractivity contribution in [2.45, 2.75) is 12.5 Å². The average Bonchev–Trinajstić information content (AvgIpc) is 2.44. The molecular formula is C15H15ClN2O2. The molecule has 4 nitrogen and oxygen atoms in total. The Morgan fingerprint density at radius 3 is 2.50 bits per heavy atom. The highest BCUT2D eigenvalue weighted by molar-refractivity contribution is 6.33. The number of para-hydroxylation sites is 1. The number of hydrogen-bond acceptors (Lipinski definition) is 3. The number of aromatic hydroxyl groups is 1. The monoisotopic (exact) mass is 290 g/mol. The number of halogens is 1. The quantitative estimate of drug-likeness (QED) is 0.810. The van der Waals surface area contributed by atoms with E-state index < -0.39 is 6.04 Å². The van der Waals surface area contributed by atoms with Crippen molar-refractivity contribution in [2.24, 2.45) is 5.73 Å². The number of carbonyl (C=O) groups excluding carboxylic acids is 1. The van der Waals surface area contributed by atoms with Crippen LogP contribution in [0.3, 0.4) is 0 Å². The van der Waals surface area contributed by atoms with Gasteiger partial charge in [-0.3, -0.25) is 4.79 Å². The molecule has 0 fully saturated rings. The number of carbonyl (C=O) groups is 1. The van der Waals surface area contributed by atoms with Gasteiger partial charge >= 0.3 is 0 Å². The summed E-state index contributed by atoms with van der Waals surface area (Å²) < 4.78 is 0. The molecular weight excluding hydrogens is 276 g/mol. The summed E-state index contributed by atoms with van der Waals surface area (Å²) in [6, 6.07) is 12.9. The van der Waals surface area contributed by atoms with E-state index in [0.717, 1.165) is 5.56 Å². The van der Waals surface area contributed by atoms with Gasteiger partial charge in [-0.1, -0.05) is 35.9 Å². The number of phenols is 1. The molecule has 0 aliphatic heterocycles. The lowest BCUT2D eigenvalue weighted by molar-refractivity contribution is -0.117. The van der Waals surface area contributed by atoms with Crippen molar-refractivity contribution in [2.75, 3.05) is 5.32 Å². The summed E-state index contributed by atoms with van der Waals surface area (Å²) in [5.41, 5.74) is 7.29. The van der Waals surface area contributed by atoms with E-state index in [9.17, 15) is 9.90 Å². The first-order chi connectivity index (χ1) is 9.56. The van der Waals surface area contributed by atoms with Gasteiger partial charge in [-0.25, -0.2) is 0 Å². The van der Waals surface area contributed by atoms with Crippen LogP contribution in [-0.2, 0) is 11.2 Å². The summed E-state index contributed by atoms with van der Waals surface area (Å²) in [6.45, 7) is 0. The maximum absolute atomic E-state index is 12.0. The third-order valence-electron chi connectivity index (χ3n) is 2.86. The predicted octanol–water partition coefficient (Wildman–Crippen LogP) is 2.55. The molecule has 0 saturated heterocycles. The standard InChI is InChI=1S/C15H15ClN2O2/c16-12-3-1-2-4-14(12)18-15(20)13(17)9-10-5-7-11(19)8-6-10/h1-8,13,19H,9,17H2,(H,18,20)/t13-/m0/s1. The molecule has 0 spiro atoms. The number of benzene rings is 2. The van der Waals surface area contributed by atoms with Crippen molar-refractivity contribution in [3.05, 3.63) is 59.1 Å². The van der Waals surface area contributed by atoms with E-state index in [1.165, 1.54) is 0 Å². The molecule has 1 amide bonds. The van der Waals surface area contributed by atoms with E-state index in [4.69, 9.17) is 17.3 Å². The van der Waals surface area contributed by atoms with Gasteiger partial charge in [-0.2, -0.15) is 0 Å². The minimum atomic E-state index is -0.684. The number of hydrogen-bond donors (Lipinski definition) is 3. The molecule has 2 aromatic rings. The lowest BCUT2D eigenvalue weighted by Crippen LogP contribution is -2.37. The summed E-state index contributed by atoms with van der Waals surface area (Å²) in [6.07, 6.45) is 0.385. The molecule has 1 atom stereocenters. The number of rotatable bonds is 4. The highest BCUT2D eigenvalue weighted by Gasteiger charge is 2.15. The number of phenolic OH excluding ortho intramolecular Hbond substituents is 1. The highest BCUT2D eigenvalue weighted by Crippen LogP contribution is 2.20. The molecule has 0 heterocycles. The Labute approximate surface area is 122 Å². The molecule has 4 N–H and O–H groups in total. The summed E-state index contributed by atoms with van der Waals surface area (Å²) in [5.74, 6) is -0.117. The minimum absolute atomic E-state index is 0.183. The Bertz CT molecular complexity index is 599. The number of nitrogens with one attached hydrogen (secondary N) is 1. The van der Waals surface area contributed by atoms with Crippen LogP contribution >= 0.6 is 11.6 Å². The second kappa shape index (κ2) is 6.41. The van der Waals surface area contributed by atoms with Gasteiger partial charge in [0.25, 0.3) is 0 Å². The van der Waals surface area contributed by atoms with E-state index in [-0.39, 0.29) is 11.7 Å².